The Kier molecular flexibility index (Phi) is 2.82. The number of imidazole rings is 2. The number of aromatic nitrogens is 4. The number of aromatic amines is 2. The standard InChI is InChI=1S/2C3H4N2/c2*1-2-5-3-4-1/h2*1-3H,(H,4,5). The van der Waals surface area contributed by atoms with Crippen LogP contribution in [0.1, 0.15) is 0 Å². The fourth-order valence-electron chi connectivity index (χ4n) is 0.430. The van der Waals surface area contributed by atoms with E-state index in [1.54, 1.807) is 37.4 Å². The van der Waals surface area contributed by atoms with E-state index in [1.807, 2.05) is 0 Å². The van der Waals surface area contributed by atoms with Gasteiger partial charge in [-0.2, -0.15) is 0 Å². The molecule has 0 atom stereocenters. The Labute approximate surface area is 58.4 Å². The SMILES string of the molecule is c1c[nH]cn1.c1c[nH]cn1. The van der Waals surface area contributed by atoms with Crippen LogP contribution >= 0.6 is 0 Å². The second-order valence-electron chi connectivity index (χ2n) is 1.52. The van der Waals surface area contributed by atoms with Crippen molar-refractivity contribution in [3.63, 3.8) is 0 Å². The summed E-state index contributed by atoms with van der Waals surface area (Å²) in [5.41, 5.74) is 0. The molecule has 10 heavy (non-hydrogen) atoms. The van der Waals surface area contributed by atoms with Gasteiger partial charge in [-0.05, 0) is 0 Å². The van der Waals surface area contributed by atoms with Crippen LogP contribution in [-0.4, -0.2) is 19.9 Å². The lowest BCUT2D eigenvalue weighted by molar-refractivity contribution is 1.31. The molecule has 0 saturated heterocycles. The van der Waals surface area contributed by atoms with Gasteiger partial charge in [-0.25, -0.2) is 9.97 Å². The average Bonchev–Trinajstić information content (AvgIpc) is 2.67. The first-order valence-electron chi connectivity index (χ1n) is 2.85. The molecule has 4 heteroatoms. The Hall–Kier alpha value is -1.58. The number of H-pyrrole nitrogens is 2. The van der Waals surface area contributed by atoms with Gasteiger partial charge in [-0.3, -0.25) is 0 Å². The van der Waals surface area contributed by atoms with Gasteiger partial charge in [0, 0.05) is 24.8 Å². The van der Waals surface area contributed by atoms with Gasteiger partial charge in [0.15, 0.2) is 0 Å². The Morgan fingerprint density at radius 1 is 0.800 bits per heavy atom. The summed E-state index contributed by atoms with van der Waals surface area (Å²) in [6, 6.07) is 0. The molecule has 0 unspecified atom stereocenters. The molecule has 0 radical (unpaired) electrons. The topological polar surface area (TPSA) is 57.4 Å². The van der Waals surface area contributed by atoms with E-state index in [1.165, 1.54) is 0 Å². The minimum atomic E-state index is 1.62. The zero-order chi connectivity index (χ0) is 7.07. The molecule has 2 heterocycles. The van der Waals surface area contributed by atoms with Crippen LogP contribution in [0, 0.1) is 0 Å². The highest BCUT2D eigenvalue weighted by atomic mass is 14.8. The Bertz CT molecular complexity index is 149. The first-order chi connectivity index (χ1) is 5.00. The lowest BCUT2D eigenvalue weighted by atomic mass is 11.0. The van der Waals surface area contributed by atoms with Gasteiger partial charge in [0.25, 0.3) is 0 Å². The van der Waals surface area contributed by atoms with Crippen LogP contribution in [-0.2, 0) is 0 Å². The lowest BCUT2D eigenvalue weighted by Crippen LogP contribution is -1.44. The largest absolute Gasteiger partial charge is 0.351 e. The quantitative estimate of drug-likeness (QED) is 0.563. The van der Waals surface area contributed by atoms with Crippen LogP contribution < -0.4 is 0 Å². The van der Waals surface area contributed by atoms with Gasteiger partial charge >= 0.3 is 0 Å². The summed E-state index contributed by atoms with van der Waals surface area (Å²) >= 11 is 0. The van der Waals surface area contributed by atoms with Crippen LogP contribution in [0.25, 0.3) is 0 Å². The van der Waals surface area contributed by atoms with Crippen molar-refractivity contribution in [3.05, 3.63) is 37.4 Å². The van der Waals surface area contributed by atoms with Gasteiger partial charge < -0.3 is 9.97 Å². The first kappa shape index (κ1) is 6.54. The molecule has 2 aromatic rings. The summed E-state index contributed by atoms with van der Waals surface area (Å²) < 4.78 is 0. The van der Waals surface area contributed by atoms with Crippen molar-refractivity contribution in [3.8, 4) is 0 Å². The third-order valence-corrected chi connectivity index (χ3v) is 0.812. The highest BCUT2D eigenvalue weighted by Crippen LogP contribution is 1.63. The Morgan fingerprint density at radius 3 is 1.40 bits per heavy atom. The van der Waals surface area contributed by atoms with Gasteiger partial charge in [0.2, 0.25) is 0 Å². The summed E-state index contributed by atoms with van der Waals surface area (Å²) in [5, 5.41) is 0. The van der Waals surface area contributed by atoms with Gasteiger partial charge in [-0.15, -0.1) is 0 Å². The second-order valence-corrected chi connectivity index (χ2v) is 1.52. The van der Waals surface area contributed by atoms with Crippen molar-refractivity contribution in [2.75, 3.05) is 0 Å². The molecule has 52 valence electrons. The summed E-state index contributed by atoms with van der Waals surface area (Å²) in [5.74, 6) is 0. The third kappa shape index (κ3) is 2.66. The molecule has 0 saturated carbocycles. The fraction of sp³-hybridized carbons (Fsp3) is 0. The highest BCUT2D eigenvalue weighted by molar-refractivity contribution is 4.65. The summed E-state index contributed by atoms with van der Waals surface area (Å²) in [7, 11) is 0. The number of hydrogen-bond acceptors (Lipinski definition) is 2. The van der Waals surface area contributed by atoms with E-state index in [4.69, 9.17) is 0 Å². The van der Waals surface area contributed by atoms with Crippen molar-refractivity contribution in [1.82, 2.24) is 19.9 Å². The van der Waals surface area contributed by atoms with Gasteiger partial charge in [-0.1, -0.05) is 0 Å². The molecule has 0 aliphatic rings. The van der Waals surface area contributed by atoms with Crippen molar-refractivity contribution in [2.24, 2.45) is 0 Å². The molecule has 4 nitrogen and oxygen atoms in total. The zero-order valence-electron chi connectivity index (χ0n) is 5.36. The van der Waals surface area contributed by atoms with E-state index in [0.717, 1.165) is 0 Å². The van der Waals surface area contributed by atoms with Crippen LogP contribution in [0.3, 0.4) is 0 Å². The van der Waals surface area contributed by atoms with Crippen LogP contribution in [0.15, 0.2) is 37.4 Å². The van der Waals surface area contributed by atoms with E-state index in [0.29, 0.717) is 0 Å². The van der Waals surface area contributed by atoms with Crippen molar-refractivity contribution >= 4 is 0 Å². The summed E-state index contributed by atoms with van der Waals surface area (Å²) in [6.07, 6.45) is 10.2. The molecule has 0 aromatic carbocycles. The zero-order valence-corrected chi connectivity index (χ0v) is 5.36. The highest BCUT2D eigenvalue weighted by Gasteiger charge is 1.56. The van der Waals surface area contributed by atoms with E-state index in [2.05, 4.69) is 19.9 Å². The monoisotopic (exact) mass is 136 g/mol. The number of rotatable bonds is 0. The minimum Gasteiger partial charge on any atom is -0.351 e. The predicted molar refractivity (Wildman–Crippen MR) is 37.2 cm³/mol. The molecule has 2 rings (SSSR count). The van der Waals surface area contributed by atoms with Crippen LogP contribution in [0.4, 0.5) is 0 Å². The molecule has 0 aliphatic carbocycles. The second kappa shape index (κ2) is 4.31. The number of nitrogens with zero attached hydrogens (tertiary/aromatic N) is 2. The smallest absolute Gasteiger partial charge is 0.0919 e. The molecule has 2 N–H and O–H groups in total. The van der Waals surface area contributed by atoms with Crippen LogP contribution in [0.5, 0.6) is 0 Å². The van der Waals surface area contributed by atoms with Crippen molar-refractivity contribution in [1.29, 1.82) is 0 Å². The normalized spacial score (nSPS) is 8.00. The predicted octanol–water partition coefficient (Wildman–Crippen LogP) is 0.819. The van der Waals surface area contributed by atoms with Crippen molar-refractivity contribution < 1.29 is 0 Å². The molecule has 0 bridgehead atoms. The average molecular weight is 136 g/mol. The van der Waals surface area contributed by atoms with Crippen LogP contribution in [0.2, 0.25) is 0 Å². The molecule has 0 fully saturated rings. The maximum Gasteiger partial charge on any atom is 0.0919 e. The summed E-state index contributed by atoms with van der Waals surface area (Å²) in [6.45, 7) is 0. The van der Waals surface area contributed by atoms with E-state index in [-0.39, 0.29) is 0 Å². The van der Waals surface area contributed by atoms with Gasteiger partial charge in [0.1, 0.15) is 0 Å². The van der Waals surface area contributed by atoms with E-state index >= 15 is 0 Å². The lowest BCUT2D eigenvalue weighted by Gasteiger charge is -1.46. The fourth-order valence-corrected chi connectivity index (χ4v) is 0.430. The number of nitrogens with one attached hydrogen (secondary N) is 2. The van der Waals surface area contributed by atoms with Crippen molar-refractivity contribution in [2.45, 2.75) is 0 Å². The molecule has 0 amide bonds. The molecule has 0 spiro atoms. The maximum absolute atomic E-state index is 3.67. The Balaban J connectivity index is 0.0000001000. The Morgan fingerprint density at radius 2 is 1.30 bits per heavy atom. The minimum absolute atomic E-state index is 1.62. The van der Waals surface area contributed by atoms with E-state index in [9.17, 15) is 0 Å². The summed E-state index contributed by atoms with van der Waals surface area (Å²) in [4.78, 5) is 12.8. The molecular weight excluding hydrogens is 128 g/mol. The van der Waals surface area contributed by atoms with Gasteiger partial charge in [0.05, 0.1) is 12.7 Å². The molecule has 0 aliphatic heterocycles. The molecule has 2 aromatic heterocycles. The van der Waals surface area contributed by atoms with E-state index < -0.39 is 0 Å². The first-order valence-corrected chi connectivity index (χ1v) is 2.85. The maximum atomic E-state index is 3.67. The molecular formula is C6H8N4. The number of hydrogen-bond donors (Lipinski definition) is 2. The third-order valence-electron chi connectivity index (χ3n) is 0.812.